The molecule has 0 radical (unpaired) electrons. The van der Waals surface area contributed by atoms with E-state index in [1.807, 2.05) is 54.8 Å². The Morgan fingerprint density at radius 1 is 0.786 bits per heavy atom. The van der Waals surface area contributed by atoms with Gasteiger partial charge in [0.05, 0.1) is 23.5 Å². The van der Waals surface area contributed by atoms with Crippen molar-refractivity contribution < 1.29 is 19.1 Å². The molecular formula is C39H59BrN10O4Si2. The molecule has 0 atom stereocenters. The number of hydrogen-bond donors (Lipinski definition) is 2. The Labute approximate surface area is 340 Å². The van der Waals surface area contributed by atoms with Crippen LogP contribution in [0, 0.1) is 0 Å². The minimum atomic E-state index is -1.17. The molecule has 304 valence electrons. The van der Waals surface area contributed by atoms with Crippen molar-refractivity contribution in [2.24, 2.45) is 7.05 Å². The van der Waals surface area contributed by atoms with Gasteiger partial charge in [0, 0.05) is 72.1 Å². The van der Waals surface area contributed by atoms with Crippen molar-refractivity contribution in [2.45, 2.75) is 124 Å². The van der Waals surface area contributed by atoms with Crippen LogP contribution in [0.2, 0.25) is 51.4 Å². The first-order valence-electron chi connectivity index (χ1n) is 19.5. The summed E-state index contributed by atoms with van der Waals surface area (Å²) < 4.78 is 18.0. The number of aryl methyl sites for hydroxylation is 1. The molecule has 0 spiro atoms. The van der Waals surface area contributed by atoms with Gasteiger partial charge in [0.25, 0.3) is 11.8 Å². The molecular weight excluding hydrogens is 809 g/mol. The van der Waals surface area contributed by atoms with Crippen LogP contribution < -0.4 is 10.6 Å². The van der Waals surface area contributed by atoms with Crippen molar-refractivity contribution in [3.63, 3.8) is 0 Å². The van der Waals surface area contributed by atoms with Gasteiger partial charge in [-0.2, -0.15) is 5.10 Å². The first-order chi connectivity index (χ1) is 26.3. The molecule has 2 amide bonds. The van der Waals surface area contributed by atoms with Gasteiger partial charge in [-0.15, -0.1) is 0 Å². The molecule has 0 aliphatic heterocycles. The van der Waals surface area contributed by atoms with Crippen LogP contribution in [0.5, 0.6) is 0 Å². The molecule has 56 heavy (non-hydrogen) atoms. The highest BCUT2D eigenvalue weighted by atomic mass is 79.9. The Kier molecular flexibility index (Phi) is 14.1. The number of hydrogen-bond acceptors (Lipinski definition) is 9. The molecule has 0 unspecified atom stereocenters. The number of nitrogens with one attached hydrogen (secondary N) is 2. The Balaban J connectivity index is 0.000000224. The monoisotopic (exact) mass is 866 g/mol. The second-order valence-corrected chi connectivity index (χ2v) is 29.6. The van der Waals surface area contributed by atoms with E-state index >= 15 is 0 Å². The predicted molar refractivity (Wildman–Crippen MR) is 230 cm³/mol. The summed E-state index contributed by atoms with van der Waals surface area (Å²) in [6.45, 7) is 23.8. The van der Waals surface area contributed by atoms with Gasteiger partial charge in [0.15, 0.2) is 11.3 Å². The van der Waals surface area contributed by atoms with Crippen molar-refractivity contribution >= 4 is 66.2 Å². The van der Waals surface area contributed by atoms with Gasteiger partial charge in [0.2, 0.25) is 0 Å². The fourth-order valence-corrected chi connectivity index (χ4v) is 8.10. The zero-order valence-electron chi connectivity index (χ0n) is 34.9. The lowest BCUT2D eigenvalue weighted by Gasteiger charge is -2.15. The zero-order valence-corrected chi connectivity index (χ0v) is 38.5. The largest absolute Gasteiger partial charge is 0.361 e. The number of nitrogens with zero attached hydrogens (tertiary/aromatic N) is 8. The highest BCUT2D eigenvalue weighted by Crippen LogP contribution is 2.32. The van der Waals surface area contributed by atoms with E-state index in [1.54, 1.807) is 18.6 Å². The number of rotatable bonds is 15. The van der Waals surface area contributed by atoms with Gasteiger partial charge in [-0.05, 0) is 75.0 Å². The fraction of sp³-hybridized carbons (Fsp3) is 0.564. The van der Waals surface area contributed by atoms with Crippen LogP contribution in [0.15, 0.2) is 29.4 Å². The first-order valence-corrected chi connectivity index (χ1v) is 27.7. The summed E-state index contributed by atoms with van der Waals surface area (Å²) in [4.78, 5) is 43.7. The highest BCUT2D eigenvalue weighted by molar-refractivity contribution is 9.10. The summed E-state index contributed by atoms with van der Waals surface area (Å²) >= 11 is 3.32. The molecule has 5 aromatic rings. The van der Waals surface area contributed by atoms with E-state index in [1.165, 1.54) is 11.3 Å². The smallest absolute Gasteiger partial charge is 0.255 e. The van der Waals surface area contributed by atoms with Crippen molar-refractivity contribution in [1.82, 2.24) is 49.5 Å². The van der Waals surface area contributed by atoms with Crippen LogP contribution in [0.25, 0.3) is 33.7 Å². The van der Waals surface area contributed by atoms with E-state index in [4.69, 9.17) is 24.5 Å². The molecule has 0 fully saturated rings. The van der Waals surface area contributed by atoms with Crippen molar-refractivity contribution in [3.8, 4) is 11.4 Å². The second-order valence-electron chi connectivity index (χ2n) is 17.5. The molecule has 17 heteroatoms. The molecule has 1 aliphatic carbocycles. The number of fused-ring (bicyclic) bond motifs is 3. The molecule has 2 N–H and O–H groups in total. The van der Waals surface area contributed by atoms with Gasteiger partial charge in [-0.1, -0.05) is 39.3 Å². The van der Waals surface area contributed by atoms with Crippen LogP contribution in [0.1, 0.15) is 66.1 Å². The van der Waals surface area contributed by atoms with Gasteiger partial charge >= 0.3 is 0 Å². The Morgan fingerprint density at radius 3 is 1.79 bits per heavy atom. The van der Waals surface area contributed by atoms with Gasteiger partial charge < -0.3 is 29.2 Å². The van der Waals surface area contributed by atoms with E-state index in [2.05, 4.69) is 75.8 Å². The van der Waals surface area contributed by atoms with Gasteiger partial charge in [0.1, 0.15) is 40.5 Å². The molecule has 0 saturated carbocycles. The summed E-state index contributed by atoms with van der Waals surface area (Å²) in [6, 6.07) is 2.28. The molecule has 0 saturated heterocycles. The molecule has 6 rings (SSSR count). The van der Waals surface area contributed by atoms with E-state index in [0.717, 1.165) is 37.0 Å². The van der Waals surface area contributed by atoms with Crippen LogP contribution in [-0.4, -0.2) is 92.1 Å². The standard InChI is InChI=1S/C23H34N6O2Si.C16H25BrN4O2Si/c1-15(2)25-23(30)17-13-29(14-31-10-11-32(4,5)6)22-21(17)26-18(12-24-22)20-16-8-7-9-19(16)28(3)27-20;1-11(2)19-16(22)12-9-21(10-23-6-7-24(3,4)5)15-14(12)20-13(17)8-18-15/h12-13,15H,7-11,14H2,1-6H3,(H,25,30);8-9,11H,6-7,10H2,1-5H3,(H,19,22). The number of aromatic nitrogens is 8. The minimum absolute atomic E-state index is 0.0316. The average molecular weight is 868 g/mol. The predicted octanol–water partition coefficient (Wildman–Crippen LogP) is 7.42. The molecule has 0 bridgehead atoms. The lowest BCUT2D eigenvalue weighted by atomic mass is 10.1. The zero-order chi connectivity index (χ0) is 40.9. The fourth-order valence-electron chi connectivity index (χ4n) is 6.30. The lowest BCUT2D eigenvalue weighted by Crippen LogP contribution is -2.30. The number of carbonyl (C=O) groups is 2. The van der Waals surface area contributed by atoms with E-state index in [9.17, 15) is 9.59 Å². The van der Waals surface area contributed by atoms with E-state index in [-0.39, 0.29) is 23.9 Å². The molecule has 0 aromatic carbocycles. The summed E-state index contributed by atoms with van der Waals surface area (Å²) in [5.41, 5.74) is 7.63. The molecule has 14 nitrogen and oxygen atoms in total. The third-order valence-corrected chi connectivity index (χ3v) is 13.0. The van der Waals surface area contributed by atoms with Crippen LogP contribution in [0.3, 0.4) is 0 Å². The highest BCUT2D eigenvalue weighted by Gasteiger charge is 2.25. The number of carbonyl (C=O) groups excluding carboxylic acids is 2. The number of ether oxygens (including phenoxy) is 2. The lowest BCUT2D eigenvalue weighted by molar-refractivity contribution is 0.0886. The topological polar surface area (TPSA) is 156 Å². The Morgan fingerprint density at radius 2 is 1.29 bits per heavy atom. The Bertz CT molecular complexity index is 2160. The summed E-state index contributed by atoms with van der Waals surface area (Å²) in [7, 11) is -0.306. The average Bonchev–Trinajstić information content (AvgIpc) is 3.87. The summed E-state index contributed by atoms with van der Waals surface area (Å²) in [6.07, 6.45) is 10.2. The van der Waals surface area contributed by atoms with E-state index < -0.39 is 16.1 Å². The molecule has 5 aromatic heterocycles. The van der Waals surface area contributed by atoms with Crippen LogP contribution in [-0.2, 0) is 42.8 Å². The van der Waals surface area contributed by atoms with Crippen molar-refractivity contribution in [2.75, 3.05) is 13.2 Å². The Hall–Kier alpha value is -3.78. The maximum atomic E-state index is 12.9. The third kappa shape index (κ3) is 11.2. The van der Waals surface area contributed by atoms with Crippen LogP contribution in [0.4, 0.5) is 0 Å². The van der Waals surface area contributed by atoms with Gasteiger partial charge in [-0.25, -0.2) is 19.9 Å². The normalized spacial score (nSPS) is 13.1. The quantitative estimate of drug-likeness (QED) is 0.0808. The maximum absolute atomic E-state index is 12.9. The number of amides is 2. The SMILES string of the molecule is CC(C)NC(=O)c1cn(COCC[Si](C)(C)C)c2ncc(-c3nn(C)c4c3CCC4)nc12.CC(C)NC(=O)c1cn(COCC[Si](C)(C)C)c2ncc(Br)nc12. The molecule has 5 heterocycles. The number of halogens is 1. The van der Waals surface area contributed by atoms with Crippen molar-refractivity contribution in [3.05, 3.63) is 51.8 Å². The molecule has 1 aliphatic rings. The maximum Gasteiger partial charge on any atom is 0.255 e. The summed E-state index contributed by atoms with van der Waals surface area (Å²) in [5.74, 6) is -0.299. The van der Waals surface area contributed by atoms with E-state index in [0.29, 0.717) is 70.4 Å². The minimum Gasteiger partial charge on any atom is -0.361 e. The van der Waals surface area contributed by atoms with Gasteiger partial charge in [-0.3, -0.25) is 14.3 Å². The van der Waals surface area contributed by atoms with Crippen molar-refractivity contribution in [1.29, 1.82) is 0 Å². The third-order valence-electron chi connectivity index (χ3n) is 9.24. The second kappa shape index (κ2) is 18.2. The first kappa shape index (κ1) is 43.3. The van der Waals surface area contributed by atoms with Crippen LogP contribution >= 0.6 is 15.9 Å². The summed E-state index contributed by atoms with van der Waals surface area (Å²) in [5, 5.41) is 10.6.